The van der Waals surface area contributed by atoms with E-state index in [1.165, 1.54) is 71.1 Å². The van der Waals surface area contributed by atoms with Crippen molar-refractivity contribution >= 4 is 66.3 Å². The van der Waals surface area contributed by atoms with Crippen molar-refractivity contribution in [3.05, 3.63) is 157 Å². The van der Waals surface area contributed by atoms with E-state index in [1.807, 2.05) is 6.08 Å². The molecule has 0 bridgehead atoms. The minimum Gasteiger partial charge on any atom is -0.309 e. The van der Waals surface area contributed by atoms with Gasteiger partial charge in [-0.05, 0) is 75.8 Å². The summed E-state index contributed by atoms with van der Waals surface area (Å²) in [6, 6.07) is 48.6. The SMILES string of the molecule is C=Cc1c(/C=C\C)n(-c2ccc3ccc4cccc5ccc2c3c45)c2c1ccc1c2cc(-c2ccccc2)n1-c1ccccc1. The van der Waals surface area contributed by atoms with Crippen molar-refractivity contribution < 1.29 is 0 Å². The zero-order valence-electron chi connectivity index (χ0n) is 25.0. The van der Waals surface area contributed by atoms with E-state index in [2.05, 4.69) is 168 Å². The quantitative estimate of drug-likeness (QED) is 0.181. The van der Waals surface area contributed by atoms with Gasteiger partial charge in [-0.3, -0.25) is 0 Å². The summed E-state index contributed by atoms with van der Waals surface area (Å²) in [7, 11) is 0. The van der Waals surface area contributed by atoms with Gasteiger partial charge in [0, 0.05) is 27.4 Å². The normalized spacial score (nSPS) is 12.1. The molecule has 45 heavy (non-hydrogen) atoms. The van der Waals surface area contributed by atoms with Crippen molar-refractivity contribution in [2.24, 2.45) is 0 Å². The Labute approximate surface area is 261 Å². The number of allylic oxidation sites excluding steroid dienone is 1. The first-order chi connectivity index (χ1) is 22.3. The monoisotopic (exact) mass is 574 g/mol. The van der Waals surface area contributed by atoms with Gasteiger partial charge in [0.1, 0.15) is 0 Å². The van der Waals surface area contributed by atoms with Crippen molar-refractivity contribution in [2.45, 2.75) is 6.92 Å². The molecule has 0 aliphatic carbocycles. The van der Waals surface area contributed by atoms with Crippen molar-refractivity contribution in [3.63, 3.8) is 0 Å². The lowest BCUT2D eigenvalue weighted by Gasteiger charge is -2.17. The van der Waals surface area contributed by atoms with Gasteiger partial charge in [-0.1, -0.05) is 122 Å². The summed E-state index contributed by atoms with van der Waals surface area (Å²) in [6.45, 7) is 6.40. The summed E-state index contributed by atoms with van der Waals surface area (Å²) < 4.78 is 4.87. The predicted molar refractivity (Wildman–Crippen MR) is 194 cm³/mol. The second kappa shape index (κ2) is 9.83. The summed E-state index contributed by atoms with van der Waals surface area (Å²) in [4.78, 5) is 0. The number of rotatable bonds is 5. The van der Waals surface area contributed by atoms with E-state index in [0.717, 1.165) is 16.9 Å². The molecule has 9 rings (SSSR count). The van der Waals surface area contributed by atoms with Crippen LogP contribution in [0.1, 0.15) is 18.2 Å². The van der Waals surface area contributed by atoms with Gasteiger partial charge >= 0.3 is 0 Å². The van der Waals surface area contributed by atoms with Gasteiger partial charge < -0.3 is 9.13 Å². The molecule has 0 unspecified atom stereocenters. The first-order valence-electron chi connectivity index (χ1n) is 15.5. The van der Waals surface area contributed by atoms with E-state index < -0.39 is 0 Å². The predicted octanol–water partition coefficient (Wildman–Crippen LogP) is 11.8. The van der Waals surface area contributed by atoms with E-state index in [1.54, 1.807) is 0 Å². The van der Waals surface area contributed by atoms with Gasteiger partial charge in [0.2, 0.25) is 0 Å². The third-order valence-electron chi connectivity index (χ3n) is 9.35. The molecule has 2 nitrogen and oxygen atoms in total. The average Bonchev–Trinajstić information content (AvgIpc) is 3.64. The van der Waals surface area contributed by atoms with Crippen LogP contribution in [-0.2, 0) is 0 Å². The summed E-state index contributed by atoms with van der Waals surface area (Å²) in [5.41, 5.74) is 9.31. The van der Waals surface area contributed by atoms with E-state index in [0.29, 0.717) is 0 Å². The first kappa shape index (κ1) is 25.6. The Morgan fingerprint density at radius 1 is 0.578 bits per heavy atom. The molecule has 0 aliphatic rings. The third kappa shape index (κ3) is 3.63. The maximum Gasteiger partial charge on any atom is 0.0635 e. The van der Waals surface area contributed by atoms with Crippen LogP contribution in [-0.4, -0.2) is 9.13 Å². The molecular weight excluding hydrogens is 544 g/mol. The van der Waals surface area contributed by atoms with Crippen molar-refractivity contribution in [1.29, 1.82) is 0 Å². The molecule has 7 aromatic carbocycles. The number of nitrogens with zero attached hydrogens (tertiary/aromatic N) is 2. The Hall–Kier alpha value is -5.86. The molecule has 0 spiro atoms. The van der Waals surface area contributed by atoms with E-state index in [4.69, 9.17) is 0 Å². The van der Waals surface area contributed by atoms with Crippen LogP contribution in [0.15, 0.2) is 146 Å². The minimum atomic E-state index is 1.14. The number of aromatic nitrogens is 2. The molecule has 0 saturated heterocycles. The summed E-state index contributed by atoms with van der Waals surface area (Å²) >= 11 is 0. The molecular formula is C43H30N2. The number of fused-ring (bicyclic) bond motifs is 3. The number of benzene rings is 7. The number of hydrogen-bond acceptors (Lipinski definition) is 0. The minimum absolute atomic E-state index is 1.14. The Kier molecular flexibility index (Phi) is 5.60. The number of para-hydroxylation sites is 1. The molecule has 2 aromatic heterocycles. The van der Waals surface area contributed by atoms with Crippen molar-refractivity contribution in [2.75, 3.05) is 0 Å². The molecule has 0 radical (unpaired) electrons. The van der Waals surface area contributed by atoms with E-state index in [9.17, 15) is 0 Å². The fourth-order valence-electron chi connectivity index (χ4n) is 7.48. The highest BCUT2D eigenvalue weighted by Crippen LogP contribution is 2.43. The highest BCUT2D eigenvalue weighted by atomic mass is 15.0. The largest absolute Gasteiger partial charge is 0.309 e. The molecule has 0 atom stereocenters. The smallest absolute Gasteiger partial charge is 0.0635 e. The van der Waals surface area contributed by atoms with Crippen molar-refractivity contribution in [3.8, 4) is 22.6 Å². The molecule has 9 aromatic rings. The van der Waals surface area contributed by atoms with Gasteiger partial charge in [0.05, 0.1) is 28.1 Å². The van der Waals surface area contributed by atoms with Gasteiger partial charge in [-0.15, -0.1) is 0 Å². The van der Waals surface area contributed by atoms with E-state index in [-0.39, 0.29) is 0 Å². The summed E-state index contributed by atoms with van der Waals surface area (Å²) in [6.07, 6.45) is 6.38. The summed E-state index contributed by atoms with van der Waals surface area (Å²) in [5, 5.41) is 10.1. The molecule has 0 saturated carbocycles. The standard InChI is InChI=1S/C43H30N2/c1-3-12-37-33(4-2)34-24-26-39-36(27-40(28-13-7-5-8-14-28)44(39)32-17-9-6-10-18-32)43(34)45(37)38-25-22-31-20-19-29-15-11-16-30-21-23-35(38)42(31)41(29)30/h3-27H,2H2,1H3/b12-3-. The molecule has 0 N–H and O–H groups in total. The van der Waals surface area contributed by atoms with Crippen LogP contribution in [0.4, 0.5) is 0 Å². The lowest BCUT2D eigenvalue weighted by Crippen LogP contribution is -2.00. The Balaban J connectivity index is 1.48. The van der Waals surface area contributed by atoms with Crippen LogP contribution in [0.25, 0.3) is 88.9 Å². The molecule has 0 aliphatic heterocycles. The Bertz CT molecular complexity index is 2580. The van der Waals surface area contributed by atoms with E-state index >= 15 is 0 Å². The molecule has 0 fully saturated rings. The Morgan fingerprint density at radius 3 is 1.98 bits per heavy atom. The van der Waals surface area contributed by atoms with Gasteiger partial charge in [-0.25, -0.2) is 0 Å². The topological polar surface area (TPSA) is 9.86 Å². The zero-order chi connectivity index (χ0) is 30.1. The molecule has 2 heteroatoms. The lowest BCUT2D eigenvalue weighted by molar-refractivity contribution is 1.12. The fraction of sp³-hybridized carbons (Fsp3) is 0.0233. The van der Waals surface area contributed by atoms with Crippen LogP contribution in [0.3, 0.4) is 0 Å². The lowest BCUT2D eigenvalue weighted by atomic mass is 9.93. The average molecular weight is 575 g/mol. The Morgan fingerprint density at radius 2 is 1.24 bits per heavy atom. The van der Waals surface area contributed by atoms with Gasteiger partial charge in [-0.2, -0.15) is 0 Å². The molecule has 0 amide bonds. The van der Waals surface area contributed by atoms with Crippen LogP contribution in [0.2, 0.25) is 0 Å². The van der Waals surface area contributed by atoms with Crippen molar-refractivity contribution in [1.82, 2.24) is 9.13 Å². The second-order valence-electron chi connectivity index (χ2n) is 11.7. The maximum atomic E-state index is 4.31. The van der Waals surface area contributed by atoms with Crippen LogP contribution in [0, 0.1) is 0 Å². The van der Waals surface area contributed by atoms with Gasteiger partial charge in [0.15, 0.2) is 0 Å². The molecule has 212 valence electrons. The number of hydrogen-bond donors (Lipinski definition) is 0. The maximum absolute atomic E-state index is 4.31. The second-order valence-corrected chi connectivity index (χ2v) is 11.7. The fourth-order valence-corrected chi connectivity index (χ4v) is 7.48. The first-order valence-corrected chi connectivity index (χ1v) is 15.5. The highest BCUT2D eigenvalue weighted by Gasteiger charge is 2.23. The highest BCUT2D eigenvalue weighted by molar-refractivity contribution is 6.25. The van der Waals surface area contributed by atoms with Crippen LogP contribution >= 0.6 is 0 Å². The zero-order valence-corrected chi connectivity index (χ0v) is 25.0. The van der Waals surface area contributed by atoms with Gasteiger partial charge in [0.25, 0.3) is 0 Å². The molecule has 2 heterocycles. The van der Waals surface area contributed by atoms with Crippen LogP contribution < -0.4 is 0 Å². The third-order valence-corrected chi connectivity index (χ3v) is 9.35. The summed E-state index contributed by atoms with van der Waals surface area (Å²) in [5.74, 6) is 0. The van der Waals surface area contributed by atoms with Crippen LogP contribution in [0.5, 0.6) is 0 Å².